The summed E-state index contributed by atoms with van der Waals surface area (Å²) in [6, 6.07) is 0.380. The molecule has 0 spiro atoms. The van der Waals surface area contributed by atoms with E-state index in [0.717, 1.165) is 32.6 Å². The largest absolute Gasteiger partial charge is 0.481 e. The Hall–Kier alpha value is -1.30. The highest BCUT2D eigenvalue weighted by Gasteiger charge is 2.28. The summed E-state index contributed by atoms with van der Waals surface area (Å²) in [6.07, 6.45) is 1.48. The zero-order valence-electron chi connectivity index (χ0n) is 12.8. The second-order valence-electron chi connectivity index (χ2n) is 5.37. The highest BCUT2D eigenvalue weighted by Crippen LogP contribution is 2.15. The number of nitrogens with zero attached hydrogens (tertiary/aromatic N) is 2. The van der Waals surface area contributed by atoms with Crippen molar-refractivity contribution in [1.82, 2.24) is 15.1 Å². The van der Waals surface area contributed by atoms with E-state index in [0.29, 0.717) is 19.0 Å². The molecular weight excluding hydrogens is 258 g/mol. The van der Waals surface area contributed by atoms with Gasteiger partial charge in [0.15, 0.2) is 0 Å². The fourth-order valence-electron chi connectivity index (χ4n) is 2.60. The molecule has 0 bridgehead atoms. The van der Waals surface area contributed by atoms with Crippen molar-refractivity contribution in [1.29, 1.82) is 0 Å². The van der Waals surface area contributed by atoms with E-state index in [1.807, 2.05) is 4.90 Å². The summed E-state index contributed by atoms with van der Waals surface area (Å²) in [5, 5.41) is 11.6. The molecule has 1 saturated heterocycles. The minimum Gasteiger partial charge on any atom is -0.481 e. The van der Waals surface area contributed by atoms with Crippen molar-refractivity contribution in [3.05, 3.63) is 0 Å². The topological polar surface area (TPSA) is 72.9 Å². The van der Waals surface area contributed by atoms with Crippen LogP contribution in [0.25, 0.3) is 0 Å². The number of rotatable bonds is 7. The molecule has 0 radical (unpaired) electrons. The Morgan fingerprint density at radius 1 is 1.40 bits per heavy atom. The summed E-state index contributed by atoms with van der Waals surface area (Å²) in [6.45, 7) is 9.90. The average Bonchev–Trinajstić information content (AvgIpc) is 2.89. The molecule has 0 aromatic rings. The second kappa shape index (κ2) is 8.09. The van der Waals surface area contributed by atoms with Crippen LogP contribution in [0.1, 0.15) is 33.6 Å². The maximum atomic E-state index is 12.0. The molecule has 2 amide bonds. The SMILES string of the molecule is CCN(CC)C1CCN(C(=O)NCCC(C)C(=O)O)C1. The molecule has 1 aliphatic rings. The van der Waals surface area contributed by atoms with Gasteiger partial charge in [-0.3, -0.25) is 9.69 Å². The van der Waals surface area contributed by atoms with Crippen LogP contribution in [0.15, 0.2) is 0 Å². The van der Waals surface area contributed by atoms with E-state index < -0.39 is 11.9 Å². The number of carbonyl (C=O) groups excluding carboxylic acids is 1. The fraction of sp³-hybridized carbons (Fsp3) is 0.857. The highest BCUT2D eigenvalue weighted by molar-refractivity contribution is 5.74. The maximum absolute atomic E-state index is 12.0. The minimum atomic E-state index is -0.818. The summed E-state index contributed by atoms with van der Waals surface area (Å²) < 4.78 is 0. The maximum Gasteiger partial charge on any atom is 0.317 e. The summed E-state index contributed by atoms with van der Waals surface area (Å²) in [5.74, 6) is -1.24. The van der Waals surface area contributed by atoms with Crippen molar-refractivity contribution in [3.8, 4) is 0 Å². The van der Waals surface area contributed by atoms with Gasteiger partial charge in [-0.1, -0.05) is 20.8 Å². The molecule has 1 rings (SSSR count). The van der Waals surface area contributed by atoms with Crippen LogP contribution in [-0.2, 0) is 4.79 Å². The predicted molar refractivity (Wildman–Crippen MR) is 77.7 cm³/mol. The van der Waals surface area contributed by atoms with Crippen LogP contribution < -0.4 is 5.32 Å². The van der Waals surface area contributed by atoms with Crippen molar-refractivity contribution in [2.75, 3.05) is 32.7 Å². The van der Waals surface area contributed by atoms with Gasteiger partial charge in [-0.05, 0) is 25.9 Å². The van der Waals surface area contributed by atoms with Crippen LogP contribution in [0, 0.1) is 5.92 Å². The average molecular weight is 285 g/mol. The summed E-state index contributed by atoms with van der Waals surface area (Å²) in [7, 11) is 0. The van der Waals surface area contributed by atoms with Crippen molar-refractivity contribution in [2.45, 2.75) is 39.7 Å². The molecule has 1 fully saturated rings. The summed E-state index contributed by atoms with van der Waals surface area (Å²) >= 11 is 0. The Kier molecular flexibility index (Phi) is 6.78. The number of carboxylic acids is 1. The standard InChI is InChI=1S/C14H27N3O3/c1-4-16(5-2)12-7-9-17(10-12)14(20)15-8-6-11(3)13(18)19/h11-12H,4-10H2,1-3H3,(H,15,20)(H,18,19). The molecule has 0 aromatic carbocycles. The molecule has 2 unspecified atom stereocenters. The number of nitrogens with one attached hydrogen (secondary N) is 1. The Balaban J connectivity index is 2.30. The lowest BCUT2D eigenvalue weighted by molar-refractivity contribution is -0.141. The van der Waals surface area contributed by atoms with Crippen LogP contribution in [0.4, 0.5) is 4.79 Å². The second-order valence-corrected chi connectivity index (χ2v) is 5.37. The summed E-state index contributed by atoms with van der Waals surface area (Å²) in [5.41, 5.74) is 0. The first-order chi connectivity index (χ1) is 9.49. The number of aliphatic carboxylic acids is 1. The van der Waals surface area contributed by atoms with Crippen LogP contribution >= 0.6 is 0 Å². The zero-order chi connectivity index (χ0) is 15.1. The lowest BCUT2D eigenvalue weighted by Crippen LogP contribution is -2.42. The fourth-order valence-corrected chi connectivity index (χ4v) is 2.60. The Labute approximate surface area is 121 Å². The van der Waals surface area contributed by atoms with Crippen molar-refractivity contribution < 1.29 is 14.7 Å². The number of hydrogen-bond donors (Lipinski definition) is 2. The first kappa shape index (κ1) is 16.8. The third-order valence-electron chi connectivity index (χ3n) is 4.05. The molecule has 1 aliphatic heterocycles. The van der Waals surface area contributed by atoms with Crippen LogP contribution in [0.5, 0.6) is 0 Å². The van der Waals surface area contributed by atoms with E-state index >= 15 is 0 Å². The van der Waals surface area contributed by atoms with Gasteiger partial charge in [-0.25, -0.2) is 4.79 Å². The first-order valence-electron chi connectivity index (χ1n) is 7.49. The summed E-state index contributed by atoms with van der Waals surface area (Å²) in [4.78, 5) is 26.9. The number of urea groups is 1. The number of carboxylic acid groups (broad SMARTS) is 1. The van der Waals surface area contributed by atoms with Gasteiger partial charge in [0.1, 0.15) is 0 Å². The van der Waals surface area contributed by atoms with E-state index in [1.54, 1.807) is 6.92 Å². The van der Waals surface area contributed by atoms with Gasteiger partial charge in [0.05, 0.1) is 5.92 Å². The number of hydrogen-bond acceptors (Lipinski definition) is 3. The molecule has 20 heavy (non-hydrogen) atoms. The Bertz CT molecular complexity index is 332. The van der Waals surface area contributed by atoms with E-state index in [9.17, 15) is 9.59 Å². The third-order valence-corrected chi connectivity index (χ3v) is 4.05. The van der Waals surface area contributed by atoms with Crippen molar-refractivity contribution in [2.24, 2.45) is 5.92 Å². The number of amides is 2. The molecule has 2 N–H and O–H groups in total. The lowest BCUT2D eigenvalue weighted by atomic mass is 10.1. The molecule has 0 saturated carbocycles. The number of likely N-dealkylation sites (tertiary alicyclic amines) is 1. The zero-order valence-corrected chi connectivity index (χ0v) is 12.8. The van der Waals surface area contributed by atoms with Crippen LogP contribution in [0.2, 0.25) is 0 Å². The Morgan fingerprint density at radius 2 is 2.05 bits per heavy atom. The van der Waals surface area contributed by atoms with Crippen LogP contribution in [0.3, 0.4) is 0 Å². The molecule has 6 nitrogen and oxygen atoms in total. The van der Waals surface area contributed by atoms with Gasteiger partial charge >= 0.3 is 12.0 Å². The van der Waals surface area contributed by atoms with E-state index in [1.165, 1.54) is 0 Å². The van der Waals surface area contributed by atoms with Crippen molar-refractivity contribution in [3.63, 3.8) is 0 Å². The smallest absolute Gasteiger partial charge is 0.317 e. The van der Waals surface area contributed by atoms with Crippen molar-refractivity contribution >= 4 is 12.0 Å². The van der Waals surface area contributed by atoms with Crippen LogP contribution in [-0.4, -0.2) is 65.7 Å². The lowest BCUT2D eigenvalue weighted by Gasteiger charge is -2.26. The van der Waals surface area contributed by atoms with Gasteiger partial charge < -0.3 is 15.3 Å². The van der Waals surface area contributed by atoms with Gasteiger partial charge in [0.2, 0.25) is 0 Å². The monoisotopic (exact) mass is 285 g/mol. The predicted octanol–water partition coefficient (Wildman–Crippen LogP) is 1.22. The minimum absolute atomic E-state index is 0.0720. The van der Waals surface area contributed by atoms with Gasteiger partial charge in [0.25, 0.3) is 0 Å². The highest BCUT2D eigenvalue weighted by atomic mass is 16.4. The quantitative estimate of drug-likeness (QED) is 0.738. The van der Waals surface area contributed by atoms with Gasteiger partial charge in [-0.2, -0.15) is 0 Å². The molecule has 0 aromatic heterocycles. The molecule has 116 valence electrons. The molecular formula is C14H27N3O3. The van der Waals surface area contributed by atoms with Gasteiger partial charge in [0, 0.05) is 25.7 Å². The molecule has 2 atom stereocenters. The van der Waals surface area contributed by atoms with E-state index in [-0.39, 0.29) is 6.03 Å². The van der Waals surface area contributed by atoms with E-state index in [4.69, 9.17) is 5.11 Å². The van der Waals surface area contributed by atoms with E-state index in [2.05, 4.69) is 24.1 Å². The molecule has 6 heteroatoms. The first-order valence-corrected chi connectivity index (χ1v) is 7.49. The third kappa shape index (κ3) is 4.67. The van der Waals surface area contributed by atoms with Gasteiger partial charge in [-0.15, -0.1) is 0 Å². The number of carbonyl (C=O) groups is 2. The molecule has 1 heterocycles. The molecule has 0 aliphatic carbocycles. The Morgan fingerprint density at radius 3 is 2.60 bits per heavy atom. The number of likely N-dealkylation sites (N-methyl/N-ethyl adjacent to an activating group) is 1. The normalized spacial score (nSPS) is 20.2.